The van der Waals surface area contributed by atoms with Crippen molar-refractivity contribution >= 4 is 22.8 Å². The smallest absolute Gasteiger partial charge is 0.243 e. The van der Waals surface area contributed by atoms with Crippen LogP contribution in [0.3, 0.4) is 0 Å². The first-order valence-corrected chi connectivity index (χ1v) is 14.5. The number of benzene rings is 3. The molecule has 3 aliphatic heterocycles. The molecule has 2 saturated heterocycles. The number of rotatable bonds is 7. The van der Waals surface area contributed by atoms with Crippen LogP contribution in [-0.4, -0.2) is 63.7 Å². The fourth-order valence-corrected chi connectivity index (χ4v) is 6.57. The lowest BCUT2D eigenvalue weighted by molar-refractivity contribution is -0.139. The number of nitrogens with zero attached hydrogens (tertiary/aromatic N) is 4. The molecule has 216 valence electrons. The van der Waals surface area contributed by atoms with Crippen molar-refractivity contribution in [3.8, 4) is 11.5 Å². The Bertz CT molecular complexity index is 1620. The highest BCUT2D eigenvalue weighted by Gasteiger charge is 2.43. The number of aryl methyl sites for hydroxylation is 1. The fraction of sp³-hybridized carbons (Fsp3) is 0.375. The van der Waals surface area contributed by atoms with Crippen molar-refractivity contribution in [1.29, 1.82) is 0 Å². The molecule has 7 rings (SSSR count). The van der Waals surface area contributed by atoms with Crippen LogP contribution in [0.25, 0.3) is 11.0 Å². The van der Waals surface area contributed by atoms with E-state index < -0.39 is 6.04 Å². The summed E-state index contributed by atoms with van der Waals surface area (Å²) in [4.78, 5) is 29.4. The number of carbonyl (C=O) groups is 2. The Morgan fingerprint density at radius 2 is 1.83 bits per heavy atom. The maximum atomic E-state index is 13.9. The second kappa shape index (κ2) is 11.1. The van der Waals surface area contributed by atoms with E-state index in [-0.39, 0.29) is 36.5 Å². The maximum Gasteiger partial charge on any atom is 0.243 e. The third-order valence-electron chi connectivity index (χ3n) is 8.78. The van der Waals surface area contributed by atoms with E-state index in [1.54, 1.807) is 4.68 Å². The second-order valence-electron chi connectivity index (χ2n) is 11.6. The summed E-state index contributed by atoms with van der Waals surface area (Å²) in [6, 6.07) is 21.3. The van der Waals surface area contributed by atoms with Crippen LogP contribution in [0.15, 0.2) is 66.7 Å². The number of hydrogen-bond acceptors (Lipinski definition) is 7. The molecule has 10 nitrogen and oxygen atoms in total. The van der Waals surface area contributed by atoms with E-state index in [0.717, 1.165) is 53.0 Å². The summed E-state index contributed by atoms with van der Waals surface area (Å²) in [7, 11) is 1.85. The van der Waals surface area contributed by atoms with Gasteiger partial charge in [0.05, 0.1) is 11.6 Å². The van der Waals surface area contributed by atoms with E-state index in [1.165, 1.54) is 5.56 Å². The van der Waals surface area contributed by atoms with Crippen molar-refractivity contribution in [1.82, 2.24) is 30.5 Å². The minimum Gasteiger partial charge on any atom is -0.454 e. The van der Waals surface area contributed by atoms with Gasteiger partial charge in [-0.05, 0) is 72.1 Å². The van der Waals surface area contributed by atoms with Crippen molar-refractivity contribution in [2.24, 2.45) is 13.0 Å². The SMILES string of the molecule is Cn1nnc2cc(CNC(=O)C3CC(Cc4ccc5c(c4)OCO5)CN3C(=O)C3CC(c4ccccc4)CN3)ccc21. The van der Waals surface area contributed by atoms with Gasteiger partial charge in [-0.2, -0.15) is 0 Å². The van der Waals surface area contributed by atoms with Gasteiger partial charge in [0.2, 0.25) is 18.6 Å². The molecule has 4 heterocycles. The highest BCUT2D eigenvalue weighted by Crippen LogP contribution is 2.35. The number of aromatic nitrogens is 3. The van der Waals surface area contributed by atoms with Gasteiger partial charge in [0.1, 0.15) is 11.6 Å². The molecular weight excluding hydrogens is 532 g/mol. The largest absolute Gasteiger partial charge is 0.454 e. The lowest BCUT2D eigenvalue weighted by Crippen LogP contribution is -2.51. The molecule has 3 aliphatic rings. The van der Waals surface area contributed by atoms with Crippen LogP contribution in [0.5, 0.6) is 11.5 Å². The van der Waals surface area contributed by atoms with Gasteiger partial charge >= 0.3 is 0 Å². The molecule has 2 N–H and O–H groups in total. The Morgan fingerprint density at radius 3 is 2.71 bits per heavy atom. The van der Waals surface area contributed by atoms with Crippen LogP contribution in [0.1, 0.15) is 35.4 Å². The van der Waals surface area contributed by atoms with Gasteiger partial charge in [-0.1, -0.05) is 47.7 Å². The molecule has 1 aromatic heterocycles. The Morgan fingerprint density at radius 1 is 1.00 bits per heavy atom. The molecule has 0 aliphatic carbocycles. The highest BCUT2D eigenvalue weighted by molar-refractivity contribution is 5.90. The van der Waals surface area contributed by atoms with E-state index in [4.69, 9.17) is 9.47 Å². The number of hydrogen-bond donors (Lipinski definition) is 2. The van der Waals surface area contributed by atoms with Crippen molar-refractivity contribution in [3.05, 3.63) is 83.4 Å². The van der Waals surface area contributed by atoms with E-state index in [1.807, 2.05) is 66.5 Å². The predicted molar refractivity (Wildman–Crippen MR) is 156 cm³/mol. The topological polar surface area (TPSA) is 111 Å². The zero-order chi connectivity index (χ0) is 28.6. The molecular formula is C32H34N6O4. The molecule has 4 atom stereocenters. The van der Waals surface area contributed by atoms with Gasteiger partial charge in [-0.25, -0.2) is 4.68 Å². The molecule has 0 saturated carbocycles. The third kappa shape index (κ3) is 5.18. The molecule has 3 aromatic carbocycles. The van der Waals surface area contributed by atoms with E-state index in [2.05, 4.69) is 33.1 Å². The third-order valence-corrected chi connectivity index (χ3v) is 8.78. The van der Waals surface area contributed by atoms with Crippen LogP contribution < -0.4 is 20.1 Å². The molecule has 0 radical (unpaired) electrons. The summed E-state index contributed by atoms with van der Waals surface area (Å²) in [5.74, 6) is 1.79. The number of nitrogens with one attached hydrogen (secondary N) is 2. The molecule has 0 bridgehead atoms. The Balaban J connectivity index is 1.07. The number of carbonyl (C=O) groups excluding carboxylic acids is 2. The van der Waals surface area contributed by atoms with Gasteiger partial charge in [0.25, 0.3) is 0 Å². The summed E-state index contributed by atoms with van der Waals surface area (Å²) >= 11 is 0. The minimum absolute atomic E-state index is 0.00254. The zero-order valence-electron chi connectivity index (χ0n) is 23.5. The van der Waals surface area contributed by atoms with Crippen molar-refractivity contribution in [2.45, 2.75) is 43.8 Å². The van der Waals surface area contributed by atoms with Crippen LogP contribution >= 0.6 is 0 Å². The Kier molecular flexibility index (Phi) is 6.99. The van der Waals surface area contributed by atoms with E-state index in [9.17, 15) is 9.59 Å². The van der Waals surface area contributed by atoms with Crippen molar-refractivity contribution in [3.63, 3.8) is 0 Å². The van der Waals surface area contributed by atoms with Crippen molar-refractivity contribution < 1.29 is 19.1 Å². The maximum absolute atomic E-state index is 13.9. The molecule has 42 heavy (non-hydrogen) atoms. The Hall–Kier alpha value is -4.44. The molecule has 10 heteroatoms. The number of likely N-dealkylation sites (tertiary alicyclic amines) is 1. The first-order chi connectivity index (χ1) is 20.5. The quantitative estimate of drug-likeness (QED) is 0.354. The van der Waals surface area contributed by atoms with Crippen LogP contribution in [0, 0.1) is 5.92 Å². The first-order valence-electron chi connectivity index (χ1n) is 14.5. The predicted octanol–water partition coefficient (Wildman–Crippen LogP) is 2.92. The van der Waals surface area contributed by atoms with Crippen LogP contribution in [0.4, 0.5) is 0 Å². The number of amides is 2. The van der Waals surface area contributed by atoms with E-state index >= 15 is 0 Å². The van der Waals surface area contributed by atoms with E-state index in [0.29, 0.717) is 19.5 Å². The standard InChI is InChI=1S/C32H34N6O4/c1-37-27-9-7-21(12-25(27)35-36-37)16-34-31(39)28-13-22(11-20-8-10-29-30(14-20)42-19-41-29)18-38(28)32(40)26-15-24(17-33-26)23-5-3-2-4-6-23/h2-10,12,14,22,24,26,28,33H,11,13,15-19H2,1H3,(H,34,39). The second-order valence-corrected chi connectivity index (χ2v) is 11.6. The fourth-order valence-electron chi connectivity index (χ4n) is 6.57. The number of ether oxygens (including phenoxy) is 2. The average molecular weight is 567 g/mol. The van der Waals surface area contributed by atoms with Crippen LogP contribution in [0.2, 0.25) is 0 Å². The summed E-state index contributed by atoms with van der Waals surface area (Å²) < 4.78 is 12.8. The number of fused-ring (bicyclic) bond motifs is 2. The lowest BCUT2D eigenvalue weighted by atomic mass is 9.96. The lowest BCUT2D eigenvalue weighted by Gasteiger charge is -2.27. The molecule has 2 amide bonds. The summed E-state index contributed by atoms with van der Waals surface area (Å²) in [5.41, 5.74) is 5.00. The summed E-state index contributed by atoms with van der Waals surface area (Å²) in [6.07, 6.45) is 2.07. The zero-order valence-corrected chi connectivity index (χ0v) is 23.5. The first kappa shape index (κ1) is 26.5. The van der Waals surface area contributed by atoms with Gasteiger partial charge < -0.3 is 25.0 Å². The minimum atomic E-state index is -0.533. The average Bonchev–Trinajstić information content (AvgIpc) is 3.83. The molecule has 0 spiro atoms. The summed E-state index contributed by atoms with van der Waals surface area (Å²) in [5, 5.41) is 14.8. The molecule has 4 unspecified atom stereocenters. The van der Waals surface area contributed by atoms with Gasteiger partial charge in [0, 0.05) is 26.7 Å². The normalized spacial score (nSPS) is 23.0. The van der Waals surface area contributed by atoms with Crippen LogP contribution in [-0.2, 0) is 29.6 Å². The highest BCUT2D eigenvalue weighted by atomic mass is 16.7. The van der Waals surface area contributed by atoms with Gasteiger partial charge in [0.15, 0.2) is 11.5 Å². The molecule has 4 aromatic rings. The summed E-state index contributed by atoms with van der Waals surface area (Å²) in [6.45, 7) is 1.87. The van der Waals surface area contributed by atoms with Crippen molar-refractivity contribution in [2.75, 3.05) is 19.9 Å². The van der Waals surface area contributed by atoms with Gasteiger partial charge in [-0.3, -0.25) is 9.59 Å². The van der Waals surface area contributed by atoms with Gasteiger partial charge in [-0.15, -0.1) is 5.10 Å². The Labute approximate surface area is 244 Å². The monoisotopic (exact) mass is 566 g/mol. The molecule has 2 fully saturated rings.